The smallest absolute Gasteiger partial charge is 0.189 e. The molecule has 1 unspecified atom stereocenters. The third-order valence-electron chi connectivity index (χ3n) is 2.03. The van der Waals surface area contributed by atoms with Gasteiger partial charge in [0, 0.05) is 6.52 Å². The Labute approximate surface area is 97.8 Å². The van der Waals surface area contributed by atoms with E-state index in [1.807, 2.05) is 0 Å². The fraction of sp³-hybridized carbons (Fsp3) is 0.364. The van der Waals surface area contributed by atoms with Gasteiger partial charge in [0.15, 0.2) is 17.6 Å². The maximum atomic E-state index is 7.82. The largest absolute Gasteiger partial charge is 0.485 e. The fourth-order valence-corrected chi connectivity index (χ4v) is 1.35. The zero-order valence-corrected chi connectivity index (χ0v) is 7.63. The first-order valence-electron chi connectivity index (χ1n) is 7.98. The molecule has 4 heteroatoms. The van der Waals surface area contributed by atoms with E-state index in [9.17, 15) is 0 Å². The molecule has 0 radical (unpaired) electrons. The van der Waals surface area contributed by atoms with Gasteiger partial charge in [-0.15, -0.1) is 0 Å². The van der Waals surface area contributed by atoms with Crippen LogP contribution in [-0.2, 0) is 0 Å². The van der Waals surface area contributed by atoms with Gasteiger partial charge in [0.05, 0.1) is 16.1 Å². The van der Waals surface area contributed by atoms with Crippen LogP contribution >= 0.6 is 0 Å². The number of benzene rings is 1. The highest BCUT2D eigenvalue weighted by atomic mass is 16.6. The number of para-hydroxylation sites is 2. The van der Waals surface area contributed by atoms with Gasteiger partial charge in [0.1, 0.15) is 12.4 Å². The van der Waals surface area contributed by atoms with Crippen LogP contribution in [0.5, 0.6) is 11.5 Å². The number of fused-ring (bicyclic) bond motifs is 1. The summed E-state index contributed by atoms with van der Waals surface area (Å²) in [5, 5.41) is 2.55. The summed E-state index contributed by atoms with van der Waals surface area (Å²) in [7, 11) is 0. The SMILES string of the molecule is [2H]c1c([2H])c([2H])c2c(c1[2H])OCC(C1=NC([2H])([2H])[C@H]([2H])N1)O2. The Morgan fingerprint density at radius 2 is 2.33 bits per heavy atom. The summed E-state index contributed by atoms with van der Waals surface area (Å²) in [6, 6.07) is -1.55. The van der Waals surface area contributed by atoms with Crippen LogP contribution in [0.25, 0.3) is 0 Å². The number of nitrogens with one attached hydrogen (secondary N) is 1. The first kappa shape index (κ1) is 4.04. The van der Waals surface area contributed by atoms with E-state index in [0.29, 0.717) is 0 Å². The lowest BCUT2D eigenvalue weighted by atomic mass is 10.2. The van der Waals surface area contributed by atoms with Crippen LogP contribution in [0.2, 0.25) is 0 Å². The van der Waals surface area contributed by atoms with Gasteiger partial charge in [-0.2, -0.15) is 0 Å². The molecular weight excluding hydrogens is 192 g/mol. The number of nitrogens with zero attached hydrogens (tertiary/aromatic N) is 1. The quantitative estimate of drug-likeness (QED) is 0.748. The van der Waals surface area contributed by atoms with Gasteiger partial charge in [-0.1, -0.05) is 12.1 Å². The summed E-state index contributed by atoms with van der Waals surface area (Å²) >= 11 is 0. The van der Waals surface area contributed by atoms with Crippen molar-refractivity contribution in [2.75, 3.05) is 19.6 Å². The highest BCUT2D eigenvalue weighted by Crippen LogP contribution is 2.31. The fourth-order valence-electron chi connectivity index (χ4n) is 1.35. The van der Waals surface area contributed by atoms with Gasteiger partial charge >= 0.3 is 0 Å². The molecule has 1 N–H and O–H groups in total. The first-order valence-corrected chi connectivity index (χ1v) is 4.40. The Morgan fingerprint density at radius 3 is 3.13 bits per heavy atom. The molecule has 78 valence electrons. The van der Waals surface area contributed by atoms with Gasteiger partial charge < -0.3 is 14.8 Å². The molecule has 2 aliphatic rings. The van der Waals surface area contributed by atoms with Crippen LogP contribution < -0.4 is 14.8 Å². The normalized spacial score (nSPS) is 38.1. The van der Waals surface area contributed by atoms with E-state index in [0.717, 1.165) is 0 Å². The van der Waals surface area contributed by atoms with Gasteiger partial charge in [-0.05, 0) is 12.1 Å². The number of ether oxygens (including phenoxy) is 2. The molecule has 15 heavy (non-hydrogen) atoms. The van der Waals surface area contributed by atoms with E-state index in [1.54, 1.807) is 0 Å². The summed E-state index contributed by atoms with van der Waals surface area (Å²) < 4.78 is 64.3. The van der Waals surface area contributed by atoms with E-state index in [2.05, 4.69) is 10.3 Å². The minimum absolute atomic E-state index is 0.0775. The highest BCUT2D eigenvalue weighted by molar-refractivity contribution is 5.88. The average molecular weight is 211 g/mol. The van der Waals surface area contributed by atoms with E-state index in [4.69, 9.17) is 19.1 Å². The van der Waals surface area contributed by atoms with E-state index < -0.39 is 31.2 Å². The maximum Gasteiger partial charge on any atom is 0.189 e. The molecule has 0 bridgehead atoms. The molecule has 0 saturated carbocycles. The van der Waals surface area contributed by atoms with Crippen molar-refractivity contribution >= 4 is 5.84 Å². The molecule has 3 rings (SSSR count). The molecule has 2 atom stereocenters. The van der Waals surface area contributed by atoms with Gasteiger partial charge in [0.2, 0.25) is 0 Å². The molecule has 2 aliphatic heterocycles. The summed E-state index contributed by atoms with van der Waals surface area (Å²) in [5.41, 5.74) is 0. The van der Waals surface area contributed by atoms with Crippen LogP contribution in [0.3, 0.4) is 0 Å². The lowest BCUT2D eigenvalue weighted by Gasteiger charge is -2.26. The molecule has 1 aromatic rings. The zero-order valence-electron chi connectivity index (χ0n) is 14.6. The van der Waals surface area contributed by atoms with Gasteiger partial charge in [-0.3, -0.25) is 4.99 Å². The molecule has 0 aliphatic carbocycles. The van der Waals surface area contributed by atoms with E-state index in [-0.39, 0.29) is 36.0 Å². The molecule has 0 aromatic heterocycles. The number of aliphatic imine (C=N–C) groups is 1. The van der Waals surface area contributed by atoms with Crippen molar-refractivity contribution in [3.05, 3.63) is 24.2 Å². The van der Waals surface area contributed by atoms with Crippen molar-refractivity contribution in [3.63, 3.8) is 0 Å². The third kappa shape index (κ3) is 1.52. The minimum atomic E-state index is -2.09. The van der Waals surface area contributed by atoms with Crippen molar-refractivity contribution in [1.82, 2.24) is 5.32 Å². The summed E-state index contributed by atoms with van der Waals surface area (Å²) in [4.78, 5) is 3.74. The molecule has 0 saturated heterocycles. The van der Waals surface area contributed by atoms with Crippen LogP contribution in [0.1, 0.15) is 9.60 Å². The minimum Gasteiger partial charge on any atom is -0.485 e. The molecule has 1 aromatic carbocycles. The third-order valence-corrected chi connectivity index (χ3v) is 2.03. The molecular formula is C11H12N2O2. The lowest BCUT2D eigenvalue weighted by Crippen LogP contribution is -2.42. The monoisotopic (exact) mass is 211 g/mol. The predicted molar refractivity (Wildman–Crippen MR) is 56.7 cm³/mol. The van der Waals surface area contributed by atoms with Gasteiger partial charge in [0.25, 0.3) is 0 Å². The first-order chi connectivity index (χ1) is 10.2. The second-order valence-corrected chi connectivity index (χ2v) is 2.99. The molecule has 2 heterocycles. The van der Waals surface area contributed by atoms with E-state index in [1.165, 1.54) is 0 Å². The van der Waals surface area contributed by atoms with E-state index >= 15 is 0 Å². The predicted octanol–water partition coefficient (Wildman–Crippen LogP) is 0.828. The van der Waals surface area contributed by atoms with Gasteiger partial charge in [-0.25, -0.2) is 0 Å². The Hall–Kier alpha value is -1.71. The summed E-state index contributed by atoms with van der Waals surface area (Å²) in [6.07, 6.45) is -0.864. The Balaban J connectivity index is 1.96. The molecule has 0 fully saturated rings. The van der Waals surface area contributed by atoms with Crippen molar-refractivity contribution in [1.29, 1.82) is 0 Å². The zero-order chi connectivity index (χ0) is 16.2. The van der Waals surface area contributed by atoms with Crippen LogP contribution in [0.4, 0.5) is 0 Å². The standard InChI is InChI=1S/C11H12N2O2/c1-2-4-9-8(3-1)14-7-10(15-9)11-12-5-6-13-11/h1-4,10H,5-7H2,(H,12,13)/i1D,2D,3D,4D,5D,6D2/t5-,10?/m0/s1. The Morgan fingerprint density at radius 1 is 1.47 bits per heavy atom. The van der Waals surface area contributed by atoms with Crippen molar-refractivity contribution in [2.45, 2.75) is 6.10 Å². The number of amidine groups is 1. The lowest BCUT2D eigenvalue weighted by molar-refractivity contribution is 0.133. The van der Waals surface area contributed by atoms with Crippen molar-refractivity contribution < 1.29 is 19.1 Å². The number of hydrogen-bond donors (Lipinski definition) is 1. The Bertz CT molecular complexity index is 679. The Kier molecular flexibility index (Phi) is 0.931. The average Bonchev–Trinajstić information content (AvgIpc) is 2.76. The second kappa shape index (κ2) is 3.46. The molecule has 4 nitrogen and oxygen atoms in total. The van der Waals surface area contributed by atoms with Crippen molar-refractivity contribution in [3.8, 4) is 11.5 Å². The number of rotatable bonds is 1. The molecule has 0 amide bonds. The highest BCUT2D eigenvalue weighted by Gasteiger charge is 2.26. The maximum absolute atomic E-state index is 7.82. The second-order valence-electron chi connectivity index (χ2n) is 2.99. The summed E-state index contributed by atoms with van der Waals surface area (Å²) in [6.45, 7) is -3.45. The van der Waals surface area contributed by atoms with Crippen LogP contribution in [0.15, 0.2) is 29.2 Å². The molecule has 0 spiro atoms. The van der Waals surface area contributed by atoms with Crippen LogP contribution in [-0.4, -0.2) is 31.6 Å². The van der Waals surface area contributed by atoms with Crippen molar-refractivity contribution in [2.24, 2.45) is 4.99 Å². The van der Waals surface area contributed by atoms with Crippen LogP contribution in [0, 0.1) is 0 Å². The summed E-state index contributed by atoms with van der Waals surface area (Å²) in [5.74, 6) is -0.130. The number of hydrogen-bond acceptors (Lipinski definition) is 4. The topological polar surface area (TPSA) is 42.8 Å².